The SMILES string of the molecule is COc1cc(C(=O)N2CCC[C@@H]2[C@@H]2CCCC[C@H]2O)cc(OC)c1C. The number of carbonyl (C=O) groups is 1. The van der Waals surface area contributed by atoms with Gasteiger partial charge in [0.05, 0.1) is 20.3 Å². The molecule has 3 atom stereocenters. The number of likely N-dealkylation sites (tertiary alicyclic amines) is 1. The molecular formula is C20H29NO4. The molecule has 0 radical (unpaired) electrons. The fourth-order valence-electron chi connectivity index (χ4n) is 4.45. The van der Waals surface area contributed by atoms with Crippen molar-refractivity contribution >= 4 is 5.91 Å². The van der Waals surface area contributed by atoms with E-state index in [9.17, 15) is 9.90 Å². The summed E-state index contributed by atoms with van der Waals surface area (Å²) in [6, 6.07) is 3.74. The van der Waals surface area contributed by atoms with Crippen LogP contribution in [0.2, 0.25) is 0 Å². The highest BCUT2D eigenvalue weighted by Crippen LogP contribution is 2.36. The van der Waals surface area contributed by atoms with Gasteiger partial charge < -0.3 is 19.5 Å². The topological polar surface area (TPSA) is 59.0 Å². The molecule has 2 aliphatic rings. The first-order valence-corrected chi connectivity index (χ1v) is 9.28. The molecule has 1 N–H and O–H groups in total. The molecule has 1 aromatic carbocycles. The van der Waals surface area contributed by atoms with E-state index in [1.165, 1.54) is 0 Å². The van der Waals surface area contributed by atoms with Gasteiger partial charge in [-0.2, -0.15) is 0 Å². The summed E-state index contributed by atoms with van der Waals surface area (Å²) in [6.07, 6.45) is 5.80. The number of aliphatic hydroxyl groups is 1. The molecule has 0 spiro atoms. The van der Waals surface area contributed by atoms with Crippen LogP contribution in [0.5, 0.6) is 11.5 Å². The minimum Gasteiger partial charge on any atom is -0.496 e. The number of carbonyl (C=O) groups excluding carboxylic acids is 1. The van der Waals surface area contributed by atoms with E-state index >= 15 is 0 Å². The number of hydrogen-bond acceptors (Lipinski definition) is 4. The first-order valence-electron chi connectivity index (χ1n) is 9.28. The third-order valence-electron chi connectivity index (χ3n) is 5.84. The van der Waals surface area contributed by atoms with Gasteiger partial charge in [0.1, 0.15) is 11.5 Å². The van der Waals surface area contributed by atoms with Gasteiger partial charge in [-0.05, 0) is 44.7 Å². The van der Waals surface area contributed by atoms with E-state index in [0.29, 0.717) is 17.1 Å². The number of hydrogen-bond donors (Lipinski definition) is 1. The van der Waals surface area contributed by atoms with Crippen molar-refractivity contribution in [1.82, 2.24) is 4.90 Å². The molecule has 2 fully saturated rings. The average Bonchev–Trinajstić information content (AvgIpc) is 3.11. The number of nitrogens with zero attached hydrogens (tertiary/aromatic N) is 1. The number of ether oxygens (including phenoxy) is 2. The molecule has 5 heteroatoms. The Labute approximate surface area is 149 Å². The minimum absolute atomic E-state index is 0.0110. The second kappa shape index (κ2) is 7.65. The summed E-state index contributed by atoms with van der Waals surface area (Å²) >= 11 is 0. The van der Waals surface area contributed by atoms with Crippen LogP contribution in [0.1, 0.15) is 54.4 Å². The lowest BCUT2D eigenvalue weighted by atomic mass is 9.80. The standard InChI is InChI=1S/C20H29NO4/c1-13-18(24-2)11-14(12-19(13)25-3)20(23)21-10-6-8-16(21)15-7-4-5-9-17(15)22/h11-12,15-17,22H,4-10H2,1-3H3/t15-,16+,17+/m0/s1. The van der Waals surface area contributed by atoms with E-state index in [1.54, 1.807) is 26.4 Å². The van der Waals surface area contributed by atoms with Crippen molar-refractivity contribution < 1.29 is 19.4 Å². The van der Waals surface area contributed by atoms with Crippen LogP contribution in [-0.4, -0.2) is 48.8 Å². The van der Waals surface area contributed by atoms with Gasteiger partial charge in [0, 0.05) is 29.6 Å². The number of amides is 1. The zero-order valence-electron chi connectivity index (χ0n) is 15.5. The fraction of sp³-hybridized carbons (Fsp3) is 0.650. The van der Waals surface area contributed by atoms with Crippen LogP contribution in [0.25, 0.3) is 0 Å². The minimum atomic E-state index is -0.283. The Morgan fingerprint density at radius 2 is 1.72 bits per heavy atom. The molecule has 1 saturated carbocycles. The maximum Gasteiger partial charge on any atom is 0.254 e. The van der Waals surface area contributed by atoms with Crippen molar-refractivity contribution in [3.8, 4) is 11.5 Å². The number of aliphatic hydroxyl groups excluding tert-OH is 1. The molecule has 1 aliphatic heterocycles. The van der Waals surface area contributed by atoms with E-state index in [2.05, 4.69) is 0 Å². The fourth-order valence-corrected chi connectivity index (χ4v) is 4.45. The molecule has 0 bridgehead atoms. The zero-order chi connectivity index (χ0) is 18.0. The molecule has 1 heterocycles. The number of benzene rings is 1. The van der Waals surface area contributed by atoms with Crippen LogP contribution in [-0.2, 0) is 0 Å². The highest BCUT2D eigenvalue weighted by Gasteiger charge is 2.39. The maximum absolute atomic E-state index is 13.2. The van der Waals surface area contributed by atoms with Gasteiger partial charge in [0.15, 0.2) is 0 Å². The molecule has 25 heavy (non-hydrogen) atoms. The van der Waals surface area contributed by atoms with Crippen LogP contribution >= 0.6 is 0 Å². The third kappa shape index (κ3) is 3.47. The molecule has 138 valence electrons. The van der Waals surface area contributed by atoms with Gasteiger partial charge in [-0.25, -0.2) is 0 Å². The molecule has 1 saturated heterocycles. The molecule has 5 nitrogen and oxygen atoms in total. The number of rotatable bonds is 4. The van der Waals surface area contributed by atoms with Gasteiger partial charge in [-0.1, -0.05) is 12.8 Å². The largest absolute Gasteiger partial charge is 0.496 e. The van der Waals surface area contributed by atoms with Gasteiger partial charge in [0.25, 0.3) is 5.91 Å². The van der Waals surface area contributed by atoms with Crippen LogP contribution in [0.15, 0.2) is 12.1 Å². The normalized spacial score (nSPS) is 26.6. The molecule has 1 amide bonds. The van der Waals surface area contributed by atoms with Gasteiger partial charge in [0.2, 0.25) is 0 Å². The van der Waals surface area contributed by atoms with Crippen LogP contribution in [0, 0.1) is 12.8 Å². The summed E-state index contributed by atoms with van der Waals surface area (Å²) in [4.78, 5) is 15.1. The molecule has 0 aromatic heterocycles. The molecule has 0 unspecified atom stereocenters. The Morgan fingerprint density at radius 1 is 1.08 bits per heavy atom. The zero-order valence-corrected chi connectivity index (χ0v) is 15.5. The average molecular weight is 347 g/mol. The van der Waals surface area contributed by atoms with E-state index in [1.807, 2.05) is 11.8 Å². The van der Waals surface area contributed by atoms with E-state index in [4.69, 9.17) is 9.47 Å². The summed E-state index contributed by atoms with van der Waals surface area (Å²) in [6.45, 7) is 2.67. The second-order valence-corrected chi connectivity index (χ2v) is 7.23. The Hall–Kier alpha value is -1.75. The van der Waals surface area contributed by atoms with Crippen LogP contribution < -0.4 is 9.47 Å². The Bertz CT molecular complexity index is 605. The van der Waals surface area contributed by atoms with E-state index < -0.39 is 0 Å². The van der Waals surface area contributed by atoms with Crippen molar-refractivity contribution in [2.45, 2.75) is 57.6 Å². The van der Waals surface area contributed by atoms with Crippen LogP contribution in [0.4, 0.5) is 0 Å². The molecule has 3 rings (SSSR count). The Balaban J connectivity index is 1.86. The Kier molecular flexibility index (Phi) is 5.52. The lowest BCUT2D eigenvalue weighted by Crippen LogP contribution is -2.45. The highest BCUT2D eigenvalue weighted by atomic mass is 16.5. The van der Waals surface area contributed by atoms with Crippen molar-refractivity contribution in [1.29, 1.82) is 0 Å². The molecular weight excluding hydrogens is 318 g/mol. The van der Waals surface area contributed by atoms with Gasteiger partial charge in [-0.15, -0.1) is 0 Å². The summed E-state index contributed by atoms with van der Waals surface area (Å²) < 4.78 is 10.8. The lowest BCUT2D eigenvalue weighted by molar-refractivity contribution is 0.0211. The monoisotopic (exact) mass is 347 g/mol. The van der Waals surface area contributed by atoms with Gasteiger partial charge in [-0.3, -0.25) is 4.79 Å². The molecule has 1 aliphatic carbocycles. The van der Waals surface area contributed by atoms with Crippen molar-refractivity contribution in [3.63, 3.8) is 0 Å². The van der Waals surface area contributed by atoms with Crippen molar-refractivity contribution in [2.75, 3.05) is 20.8 Å². The predicted molar refractivity (Wildman–Crippen MR) is 96.3 cm³/mol. The molecule has 1 aromatic rings. The summed E-state index contributed by atoms with van der Waals surface area (Å²) in [5.41, 5.74) is 1.48. The summed E-state index contributed by atoms with van der Waals surface area (Å²) in [5, 5.41) is 10.4. The summed E-state index contributed by atoms with van der Waals surface area (Å²) in [5.74, 6) is 1.54. The maximum atomic E-state index is 13.2. The van der Waals surface area contributed by atoms with Crippen LogP contribution in [0.3, 0.4) is 0 Å². The summed E-state index contributed by atoms with van der Waals surface area (Å²) in [7, 11) is 3.21. The first-order chi connectivity index (χ1) is 12.1. The Morgan fingerprint density at radius 3 is 2.32 bits per heavy atom. The quantitative estimate of drug-likeness (QED) is 0.909. The second-order valence-electron chi connectivity index (χ2n) is 7.23. The first kappa shape index (κ1) is 18.1. The predicted octanol–water partition coefficient (Wildman–Crippen LogP) is 3.17. The number of methoxy groups -OCH3 is 2. The van der Waals surface area contributed by atoms with E-state index in [0.717, 1.165) is 50.6 Å². The highest BCUT2D eigenvalue weighted by molar-refractivity contribution is 5.95. The smallest absolute Gasteiger partial charge is 0.254 e. The van der Waals surface area contributed by atoms with Gasteiger partial charge >= 0.3 is 0 Å². The van der Waals surface area contributed by atoms with Crippen molar-refractivity contribution in [3.05, 3.63) is 23.3 Å². The van der Waals surface area contributed by atoms with E-state index in [-0.39, 0.29) is 24.0 Å². The third-order valence-corrected chi connectivity index (χ3v) is 5.84. The van der Waals surface area contributed by atoms with Crippen molar-refractivity contribution in [2.24, 2.45) is 5.92 Å². The lowest BCUT2D eigenvalue weighted by Gasteiger charge is -2.37.